The molecule has 2 N–H and O–H groups in total. The molecular weight excluding hydrogens is 358 g/mol. The number of pyridine rings is 1. The Hall–Kier alpha value is -3.87. The number of para-hydroxylation sites is 1. The van der Waals surface area contributed by atoms with Crippen molar-refractivity contribution >= 4 is 23.4 Å². The van der Waals surface area contributed by atoms with Crippen molar-refractivity contribution in [1.29, 1.82) is 0 Å². The van der Waals surface area contributed by atoms with E-state index in [2.05, 4.69) is 15.6 Å². The molecule has 0 radical (unpaired) electrons. The van der Waals surface area contributed by atoms with Gasteiger partial charge in [0.15, 0.2) is 0 Å². The van der Waals surface area contributed by atoms with Crippen LogP contribution in [-0.2, 0) is 11.3 Å². The molecular formula is C21H19N3O4. The lowest BCUT2D eigenvalue weighted by molar-refractivity contribution is 0.0595. The summed E-state index contributed by atoms with van der Waals surface area (Å²) < 4.78 is 10.6. The van der Waals surface area contributed by atoms with Crippen molar-refractivity contribution in [3.63, 3.8) is 0 Å². The van der Waals surface area contributed by atoms with Crippen molar-refractivity contribution in [1.82, 2.24) is 4.98 Å². The van der Waals surface area contributed by atoms with Crippen molar-refractivity contribution in [3.8, 4) is 5.75 Å². The number of hydrogen-bond acceptors (Lipinski definition) is 5. The predicted octanol–water partition coefficient (Wildman–Crippen LogP) is 4.09. The summed E-state index contributed by atoms with van der Waals surface area (Å²) in [7, 11) is 1.29. The number of esters is 1. The number of ether oxygens (including phenoxy) is 2. The van der Waals surface area contributed by atoms with Crippen molar-refractivity contribution in [2.45, 2.75) is 6.61 Å². The second-order valence-electron chi connectivity index (χ2n) is 5.80. The molecule has 0 fully saturated rings. The lowest BCUT2D eigenvalue weighted by atomic mass is 10.1. The molecule has 1 heterocycles. The molecule has 0 saturated carbocycles. The van der Waals surface area contributed by atoms with Crippen LogP contribution in [0.25, 0.3) is 0 Å². The molecule has 7 nitrogen and oxygen atoms in total. The third-order valence-corrected chi connectivity index (χ3v) is 3.79. The molecule has 1 aromatic heterocycles. The number of anilines is 2. The van der Waals surface area contributed by atoms with Gasteiger partial charge in [-0.1, -0.05) is 24.3 Å². The number of methoxy groups -OCH3 is 1. The fraction of sp³-hybridized carbons (Fsp3) is 0.0952. The zero-order chi connectivity index (χ0) is 19.8. The van der Waals surface area contributed by atoms with Gasteiger partial charge in [0.2, 0.25) is 0 Å². The van der Waals surface area contributed by atoms with Crippen molar-refractivity contribution in [2.75, 3.05) is 17.7 Å². The molecule has 0 unspecified atom stereocenters. The average Bonchev–Trinajstić information content (AvgIpc) is 2.73. The summed E-state index contributed by atoms with van der Waals surface area (Å²) in [4.78, 5) is 28.3. The number of carbonyl (C=O) groups is 2. The zero-order valence-electron chi connectivity index (χ0n) is 15.2. The van der Waals surface area contributed by atoms with Gasteiger partial charge < -0.3 is 20.1 Å². The number of aromatic nitrogens is 1. The van der Waals surface area contributed by atoms with Crippen LogP contribution in [0.3, 0.4) is 0 Å². The molecule has 0 saturated heterocycles. The van der Waals surface area contributed by atoms with Crippen LogP contribution >= 0.6 is 0 Å². The van der Waals surface area contributed by atoms with E-state index in [1.807, 2.05) is 24.3 Å². The maximum absolute atomic E-state index is 12.2. The van der Waals surface area contributed by atoms with E-state index in [1.54, 1.807) is 42.7 Å². The molecule has 0 aliphatic heterocycles. The van der Waals surface area contributed by atoms with Gasteiger partial charge in [0.1, 0.15) is 17.9 Å². The normalized spacial score (nSPS) is 10.0. The number of nitrogens with one attached hydrogen (secondary N) is 2. The zero-order valence-corrected chi connectivity index (χ0v) is 15.2. The Morgan fingerprint density at radius 2 is 1.75 bits per heavy atom. The summed E-state index contributed by atoms with van der Waals surface area (Å²) in [5.74, 6) is -0.210. The topological polar surface area (TPSA) is 89.5 Å². The summed E-state index contributed by atoms with van der Waals surface area (Å²) in [6.07, 6.45) is 3.35. The van der Waals surface area contributed by atoms with Crippen LogP contribution < -0.4 is 15.4 Å². The largest absolute Gasteiger partial charge is 0.488 e. The van der Waals surface area contributed by atoms with Gasteiger partial charge in [0.25, 0.3) is 0 Å². The molecule has 0 spiro atoms. The molecule has 3 rings (SSSR count). The number of urea groups is 1. The van der Waals surface area contributed by atoms with E-state index in [0.717, 1.165) is 5.56 Å². The van der Waals surface area contributed by atoms with E-state index in [9.17, 15) is 9.59 Å². The summed E-state index contributed by atoms with van der Waals surface area (Å²) in [6, 6.07) is 17.1. The highest BCUT2D eigenvalue weighted by atomic mass is 16.5. The third kappa shape index (κ3) is 5.07. The molecule has 0 atom stereocenters. The molecule has 2 aromatic carbocycles. The number of rotatable bonds is 6. The SMILES string of the molecule is COC(=O)c1cc(NC(=O)Nc2ccccc2)ccc1OCc1cccnc1. The number of nitrogens with zero attached hydrogens (tertiary/aromatic N) is 1. The Labute approximate surface area is 162 Å². The van der Waals surface area contributed by atoms with Crippen LogP contribution in [0.2, 0.25) is 0 Å². The minimum Gasteiger partial charge on any atom is -0.488 e. The fourth-order valence-corrected chi connectivity index (χ4v) is 2.46. The average molecular weight is 377 g/mol. The minimum absolute atomic E-state index is 0.212. The van der Waals surface area contributed by atoms with E-state index in [1.165, 1.54) is 13.2 Å². The first-order chi connectivity index (χ1) is 13.7. The van der Waals surface area contributed by atoms with E-state index >= 15 is 0 Å². The molecule has 7 heteroatoms. The monoisotopic (exact) mass is 377 g/mol. The molecule has 0 aliphatic carbocycles. The highest BCUT2D eigenvalue weighted by molar-refractivity contribution is 6.01. The Kier molecular flexibility index (Phi) is 6.20. The first-order valence-corrected chi connectivity index (χ1v) is 8.53. The van der Waals surface area contributed by atoms with Crippen molar-refractivity contribution < 1.29 is 19.1 Å². The Bertz CT molecular complexity index is 946. The van der Waals surface area contributed by atoms with E-state index in [4.69, 9.17) is 9.47 Å². The van der Waals surface area contributed by atoms with Crippen molar-refractivity contribution in [3.05, 3.63) is 84.2 Å². The van der Waals surface area contributed by atoms with Gasteiger partial charge in [-0.25, -0.2) is 9.59 Å². The molecule has 0 aliphatic rings. The summed E-state index contributed by atoms with van der Waals surface area (Å²) in [6.45, 7) is 0.249. The molecule has 142 valence electrons. The highest BCUT2D eigenvalue weighted by Gasteiger charge is 2.15. The quantitative estimate of drug-likeness (QED) is 0.632. The van der Waals surface area contributed by atoms with Crippen molar-refractivity contribution in [2.24, 2.45) is 0 Å². The Balaban J connectivity index is 1.72. The summed E-state index contributed by atoms with van der Waals surface area (Å²) in [5.41, 5.74) is 2.17. The van der Waals surface area contributed by atoms with Gasteiger partial charge in [-0.15, -0.1) is 0 Å². The first-order valence-electron chi connectivity index (χ1n) is 8.53. The molecule has 28 heavy (non-hydrogen) atoms. The number of carbonyl (C=O) groups excluding carboxylic acids is 2. The van der Waals surface area contributed by atoms with Crippen LogP contribution in [0.4, 0.5) is 16.2 Å². The van der Waals surface area contributed by atoms with Crippen LogP contribution in [0.15, 0.2) is 73.1 Å². The molecule has 0 bridgehead atoms. The molecule has 2 amide bonds. The second-order valence-corrected chi connectivity index (χ2v) is 5.80. The maximum Gasteiger partial charge on any atom is 0.341 e. The maximum atomic E-state index is 12.2. The van der Waals surface area contributed by atoms with E-state index in [-0.39, 0.29) is 12.2 Å². The smallest absolute Gasteiger partial charge is 0.341 e. The Morgan fingerprint density at radius 3 is 2.46 bits per heavy atom. The number of hydrogen-bond donors (Lipinski definition) is 2. The fourth-order valence-electron chi connectivity index (χ4n) is 2.46. The van der Waals surface area contributed by atoms with Gasteiger partial charge in [-0.3, -0.25) is 4.98 Å². The van der Waals surface area contributed by atoms with E-state index < -0.39 is 12.0 Å². The Morgan fingerprint density at radius 1 is 0.964 bits per heavy atom. The van der Waals surface area contributed by atoms with Gasteiger partial charge in [0.05, 0.1) is 7.11 Å². The first kappa shape index (κ1) is 18.9. The predicted molar refractivity (Wildman–Crippen MR) is 105 cm³/mol. The molecule has 3 aromatic rings. The summed E-state index contributed by atoms with van der Waals surface area (Å²) >= 11 is 0. The van der Waals surface area contributed by atoms with Gasteiger partial charge in [0, 0.05) is 29.3 Å². The second kappa shape index (κ2) is 9.18. The number of benzene rings is 2. The standard InChI is InChI=1S/C21H19N3O4/c1-27-20(25)18-12-17(24-21(26)23-16-7-3-2-4-8-16)9-10-19(18)28-14-15-6-5-11-22-13-15/h2-13H,14H2,1H3,(H2,23,24,26). The van der Waals surface area contributed by atoms with Crippen LogP contribution in [0.5, 0.6) is 5.75 Å². The summed E-state index contributed by atoms with van der Waals surface area (Å²) in [5, 5.41) is 5.40. The van der Waals surface area contributed by atoms with Crippen LogP contribution in [0, 0.1) is 0 Å². The van der Waals surface area contributed by atoms with Gasteiger partial charge in [-0.2, -0.15) is 0 Å². The lowest BCUT2D eigenvalue weighted by Gasteiger charge is -2.13. The van der Waals surface area contributed by atoms with Crippen LogP contribution in [-0.4, -0.2) is 24.1 Å². The lowest BCUT2D eigenvalue weighted by Crippen LogP contribution is -2.19. The van der Waals surface area contributed by atoms with Crippen LogP contribution in [0.1, 0.15) is 15.9 Å². The van der Waals surface area contributed by atoms with Gasteiger partial charge in [-0.05, 0) is 36.4 Å². The van der Waals surface area contributed by atoms with Gasteiger partial charge >= 0.3 is 12.0 Å². The third-order valence-electron chi connectivity index (χ3n) is 3.79. The van der Waals surface area contributed by atoms with E-state index in [0.29, 0.717) is 17.1 Å². The minimum atomic E-state index is -0.562. The highest BCUT2D eigenvalue weighted by Crippen LogP contribution is 2.25. The number of amides is 2.